The Hall–Kier alpha value is -1.13. The molecule has 1 aliphatic heterocycles. The van der Waals surface area contributed by atoms with Crippen molar-refractivity contribution in [3.05, 3.63) is 40.4 Å². The third kappa shape index (κ3) is 4.18. The van der Waals surface area contributed by atoms with Crippen LogP contribution in [0.4, 0.5) is 0 Å². The van der Waals surface area contributed by atoms with E-state index in [1.807, 2.05) is 49.1 Å². The molecule has 0 spiro atoms. The first-order valence-corrected chi connectivity index (χ1v) is 7.22. The van der Waals surface area contributed by atoms with Crippen molar-refractivity contribution in [1.82, 2.24) is 4.90 Å². The Morgan fingerprint density at radius 3 is 2.42 bits per heavy atom. The van der Waals surface area contributed by atoms with Crippen molar-refractivity contribution >= 4 is 27.9 Å². The maximum absolute atomic E-state index is 12.1. The minimum atomic E-state index is 0.0462. The zero-order valence-corrected chi connectivity index (χ0v) is 12.8. The number of benzene rings is 1. The lowest BCUT2D eigenvalue weighted by atomic mass is 10.2. The summed E-state index contributed by atoms with van der Waals surface area (Å²) in [6, 6.07) is 7.86. The molecule has 4 heteroatoms. The number of halogens is 1. The van der Waals surface area contributed by atoms with E-state index in [0.717, 1.165) is 10.0 Å². The molecule has 3 nitrogen and oxygen atoms in total. The zero-order chi connectivity index (χ0) is 13.8. The normalized spacial score (nSPS) is 23.8. The lowest BCUT2D eigenvalue weighted by molar-refractivity contribution is -0.137. The molecule has 1 heterocycles. The van der Waals surface area contributed by atoms with Crippen LogP contribution in [0.25, 0.3) is 6.08 Å². The Labute approximate surface area is 122 Å². The predicted octanol–water partition coefficient (Wildman–Crippen LogP) is 3.10. The Morgan fingerprint density at radius 2 is 1.84 bits per heavy atom. The third-order valence-corrected chi connectivity index (χ3v) is 3.55. The molecule has 0 saturated carbocycles. The first-order valence-electron chi connectivity index (χ1n) is 6.42. The lowest BCUT2D eigenvalue weighted by Gasteiger charge is -2.34. The maximum Gasteiger partial charge on any atom is 0.246 e. The molecule has 1 aromatic rings. The lowest BCUT2D eigenvalue weighted by Crippen LogP contribution is -2.47. The van der Waals surface area contributed by atoms with Gasteiger partial charge in [0.25, 0.3) is 0 Å². The fourth-order valence-electron chi connectivity index (χ4n) is 2.20. The topological polar surface area (TPSA) is 29.5 Å². The quantitative estimate of drug-likeness (QED) is 0.783. The molecule has 0 N–H and O–H groups in total. The van der Waals surface area contributed by atoms with Crippen molar-refractivity contribution in [3.8, 4) is 0 Å². The van der Waals surface area contributed by atoms with E-state index in [4.69, 9.17) is 4.74 Å². The third-order valence-electron chi connectivity index (χ3n) is 3.02. The van der Waals surface area contributed by atoms with Gasteiger partial charge in [-0.2, -0.15) is 0 Å². The number of amides is 1. The molecule has 0 aromatic heterocycles. The molecule has 1 aliphatic rings. The molecule has 2 atom stereocenters. The molecule has 1 amide bonds. The summed E-state index contributed by atoms with van der Waals surface area (Å²) in [4.78, 5) is 13.9. The highest BCUT2D eigenvalue weighted by Gasteiger charge is 2.24. The van der Waals surface area contributed by atoms with Crippen LogP contribution in [0.15, 0.2) is 34.8 Å². The van der Waals surface area contributed by atoms with E-state index in [0.29, 0.717) is 13.1 Å². The standard InChI is InChI=1S/C15H18BrNO2/c1-11-9-17(10-12(2)19-11)15(18)8-5-13-3-6-14(16)7-4-13/h3-8,11-12H,9-10H2,1-2H3. The second kappa shape index (κ2) is 6.35. The Balaban J connectivity index is 1.98. The average Bonchev–Trinajstić information content (AvgIpc) is 2.36. The van der Waals surface area contributed by atoms with Gasteiger partial charge in [0.15, 0.2) is 0 Å². The van der Waals surface area contributed by atoms with Crippen molar-refractivity contribution in [2.75, 3.05) is 13.1 Å². The Bertz CT molecular complexity index is 460. The molecule has 0 aliphatic carbocycles. The number of hydrogen-bond donors (Lipinski definition) is 0. The van der Waals surface area contributed by atoms with E-state index < -0.39 is 0 Å². The molecular formula is C15H18BrNO2. The van der Waals surface area contributed by atoms with Crippen molar-refractivity contribution in [2.45, 2.75) is 26.1 Å². The predicted molar refractivity (Wildman–Crippen MR) is 79.8 cm³/mol. The SMILES string of the molecule is CC1CN(C(=O)C=Cc2ccc(Br)cc2)CC(C)O1. The number of ether oxygens (including phenoxy) is 1. The molecule has 0 bridgehead atoms. The molecule has 1 aromatic carbocycles. The van der Waals surface area contributed by atoms with Crippen molar-refractivity contribution < 1.29 is 9.53 Å². The van der Waals surface area contributed by atoms with Gasteiger partial charge in [-0.15, -0.1) is 0 Å². The number of morpholine rings is 1. The molecule has 2 rings (SSSR count). The van der Waals surface area contributed by atoms with Gasteiger partial charge in [-0.05, 0) is 37.6 Å². The van der Waals surface area contributed by atoms with E-state index in [2.05, 4.69) is 15.9 Å². The highest BCUT2D eigenvalue weighted by atomic mass is 79.9. The molecule has 1 saturated heterocycles. The van der Waals surface area contributed by atoms with E-state index in [1.165, 1.54) is 0 Å². The Morgan fingerprint density at radius 1 is 1.26 bits per heavy atom. The van der Waals surface area contributed by atoms with Crippen molar-refractivity contribution in [2.24, 2.45) is 0 Å². The summed E-state index contributed by atoms with van der Waals surface area (Å²) in [5.41, 5.74) is 1.02. The van der Waals surface area contributed by atoms with Crippen LogP contribution in [0, 0.1) is 0 Å². The molecule has 19 heavy (non-hydrogen) atoms. The Kier molecular flexibility index (Phi) is 4.77. The summed E-state index contributed by atoms with van der Waals surface area (Å²) in [7, 11) is 0. The minimum absolute atomic E-state index is 0.0462. The summed E-state index contributed by atoms with van der Waals surface area (Å²) in [6.07, 6.45) is 3.69. The highest BCUT2D eigenvalue weighted by Crippen LogP contribution is 2.13. The van der Waals surface area contributed by atoms with Crippen LogP contribution in [0.2, 0.25) is 0 Å². The molecular weight excluding hydrogens is 306 g/mol. The van der Waals surface area contributed by atoms with Crippen LogP contribution in [0.5, 0.6) is 0 Å². The van der Waals surface area contributed by atoms with Crippen molar-refractivity contribution in [1.29, 1.82) is 0 Å². The fourth-order valence-corrected chi connectivity index (χ4v) is 2.47. The number of carbonyl (C=O) groups excluding carboxylic acids is 1. The van der Waals surface area contributed by atoms with Gasteiger partial charge >= 0.3 is 0 Å². The second-order valence-corrected chi connectivity index (χ2v) is 5.80. The first-order chi connectivity index (χ1) is 9.04. The van der Waals surface area contributed by atoms with Gasteiger partial charge in [0, 0.05) is 23.6 Å². The van der Waals surface area contributed by atoms with Gasteiger partial charge in [-0.25, -0.2) is 0 Å². The fraction of sp³-hybridized carbons (Fsp3) is 0.400. The first kappa shape index (κ1) is 14.3. The zero-order valence-electron chi connectivity index (χ0n) is 11.2. The van der Waals surface area contributed by atoms with E-state index in [9.17, 15) is 4.79 Å². The van der Waals surface area contributed by atoms with Crippen LogP contribution in [-0.4, -0.2) is 36.1 Å². The van der Waals surface area contributed by atoms with Crippen LogP contribution in [0.1, 0.15) is 19.4 Å². The summed E-state index contributed by atoms with van der Waals surface area (Å²) >= 11 is 3.39. The summed E-state index contributed by atoms with van der Waals surface area (Å²) in [5.74, 6) is 0.0462. The summed E-state index contributed by atoms with van der Waals surface area (Å²) < 4.78 is 6.65. The second-order valence-electron chi connectivity index (χ2n) is 4.89. The monoisotopic (exact) mass is 323 g/mol. The maximum atomic E-state index is 12.1. The molecule has 102 valence electrons. The van der Waals surface area contributed by atoms with Gasteiger partial charge in [-0.3, -0.25) is 4.79 Å². The number of carbonyl (C=O) groups is 1. The van der Waals surface area contributed by atoms with Crippen LogP contribution >= 0.6 is 15.9 Å². The molecule has 2 unspecified atom stereocenters. The van der Waals surface area contributed by atoms with E-state index >= 15 is 0 Å². The van der Waals surface area contributed by atoms with E-state index in [1.54, 1.807) is 6.08 Å². The highest BCUT2D eigenvalue weighted by molar-refractivity contribution is 9.10. The number of nitrogens with zero attached hydrogens (tertiary/aromatic N) is 1. The number of hydrogen-bond acceptors (Lipinski definition) is 2. The largest absolute Gasteiger partial charge is 0.372 e. The summed E-state index contributed by atoms with van der Waals surface area (Å²) in [6.45, 7) is 5.31. The van der Waals surface area contributed by atoms with Gasteiger partial charge in [0.2, 0.25) is 5.91 Å². The van der Waals surface area contributed by atoms with Crippen LogP contribution < -0.4 is 0 Å². The smallest absolute Gasteiger partial charge is 0.246 e. The summed E-state index contributed by atoms with van der Waals surface area (Å²) in [5, 5.41) is 0. The molecule has 0 radical (unpaired) electrons. The van der Waals surface area contributed by atoms with Crippen LogP contribution in [-0.2, 0) is 9.53 Å². The minimum Gasteiger partial charge on any atom is -0.372 e. The average molecular weight is 324 g/mol. The number of rotatable bonds is 2. The van der Waals surface area contributed by atoms with Crippen LogP contribution in [0.3, 0.4) is 0 Å². The molecule has 1 fully saturated rings. The van der Waals surface area contributed by atoms with Gasteiger partial charge < -0.3 is 9.64 Å². The van der Waals surface area contributed by atoms with Gasteiger partial charge in [-0.1, -0.05) is 28.1 Å². The van der Waals surface area contributed by atoms with Crippen molar-refractivity contribution in [3.63, 3.8) is 0 Å². The van der Waals surface area contributed by atoms with Gasteiger partial charge in [0.1, 0.15) is 0 Å². The van der Waals surface area contributed by atoms with E-state index in [-0.39, 0.29) is 18.1 Å². The van der Waals surface area contributed by atoms with Gasteiger partial charge in [0.05, 0.1) is 12.2 Å².